The number of halogens is 2. The molecule has 2 aromatic rings. The van der Waals surface area contributed by atoms with Crippen LogP contribution in [0.4, 0.5) is 5.82 Å². The fraction of sp³-hybridized carbons (Fsp3) is 0.375. The predicted octanol–water partition coefficient (Wildman–Crippen LogP) is 5.18. The zero-order valence-electron chi connectivity index (χ0n) is 12.7. The molecule has 3 nitrogen and oxygen atoms in total. The lowest BCUT2D eigenvalue weighted by atomic mass is 9.91. The van der Waals surface area contributed by atoms with E-state index in [0.29, 0.717) is 15.9 Å². The lowest BCUT2D eigenvalue weighted by Crippen LogP contribution is -2.16. The van der Waals surface area contributed by atoms with Crippen molar-refractivity contribution in [2.45, 2.75) is 33.1 Å². The van der Waals surface area contributed by atoms with E-state index in [1.54, 1.807) is 12.1 Å². The fourth-order valence-corrected chi connectivity index (χ4v) is 2.39. The van der Waals surface area contributed by atoms with Gasteiger partial charge >= 0.3 is 0 Å². The molecule has 0 atom stereocenters. The molecule has 5 heteroatoms. The number of nitrogens with one attached hydrogen (secondary N) is 1. The van der Waals surface area contributed by atoms with Gasteiger partial charge in [0.1, 0.15) is 5.82 Å². The van der Waals surface area contributed by atoms with Crippen LogP contribution in [-0.2, 0) is 5.41 Å². The molecule has 1 heterocycles. The lowest BCUT2D eigenvalue weighted by molar-refractivity contribution is 0.568. The molecule has 0 aliphatic carbocycles. The second-order valence-corrected chi connectivity index (χ2v) is 6.71. The number of hydrogen-bond acceptors (Lipinski definition) is 3. The van der Waals surface area contributed by atoms with Crippen LogP contribution in [0.3, 0.4) is 0 Å². The van der Waals surface area contributed by atoms with Crippen molar-refractivity contribution < 1.29 is 0 Å². The van der Waals surface area contributed by atoms with Crippen LogP contribution in [0, 0.1) is 0 Å². The molecule has 0 saturated heterocycles. The van der Waals surface area contributed by atoms with Crippen LogP contribution in [0.5, 0.6) is 0 Å². The van der Waals surface area contributed by atoms with Crippen LogP contribution < -0.4 is 5.32 Å². The van der Waals surface area contributed by atoms with Crippen molar-refractivity contribution in [2.75, 3.05) is 11.9 Å². The monoisotopic (exact) mass is 323 g/mol. The Morgan fingerprint density at radius 1 is 1.10 bits per heavy atom. The minimum atomic E-state index is -0.0687. The third-order valence-corrected chi connectivity index (χ3v) is 3.57. The van der Waals surface area contributed by atoms with Crippen molar-refractivity contribution in [1.82, 2.24) is 9.97 Å². The second kappa shape index (κ2) is 6.20. The summed E-state index contributed by atoms with van der Waals surface area (Å²) in [6, 6.07) is 7.33. The van der Waals surface area contributed by atoms with Gasteiger partial charge in [0.2, 0.25) is 0 Å². The summed E-state index contributed by atoms with van der Waals surface area (Å²) in [5.74, 6) is 1.42. The van der Waals surface area contributed by atoms with Gasteiger partial charge in [-0.2, -0.15) is 0 Å². The van der Waals surface area contributed by atoms with Gasteiger partial charge in [-0.3, -0.25) is 0 Å². The molecule has 1 aromatic heterocycles. The van der Waals surface area contributed by atoms with E-state index in [9.17, 15) is 0 Å². The Bertz CT molecular complexity index is 648. The van der Waals surface area contributed by atoms with Gasteiger partial charge in [-0.15, -0.1) is 0 Å². The lowest BCUT2D eigenvalue weighted by Gasteiger charge is -2.20. The average molecular weight is 324 g/mol. The first-order valence-electron chi connectivity index (χ1n) is 6.90. The summed E-state index contributed by atoms with van der Waals surface area (Å²) in [4.78, 5) is 9.22. The van der Waals surface area contributed by atoms with Crippen molar-refractivity contribution >= 4 is 29.0 Å². The molecule has 1 N–H and O–H groups in total. The summed E-state index contributed by atoms with van der Waals surface area (Å²) in [5.41, 5.74) is 1.68. The molecular weight excluding hydrogens is 305 g/mol. The molecule has 0 radical (unpaired) electrons. The van der Waals surface area contributed by atoms with Crippen molar-refractivity contribution in [3.8, 4) is 11.4 Å². The van der Waals surface area contributed by atoms with E-state index in [4.69, 9.17) is 23.2 Å². The first-order chi connectivity index (χ1) is 9.81. The number of nitrogens with zero attached hydrogens (tertiary/aromatic N) is 2. The van der Waals surface area contributed by atoms with E-state index < -0.39 is 0 Å². The van der Waals surface area contributed by atoms with Crippen molar-refractivity contribution in [3.63, 3.8) is 0 Å². The Hall–Kier alpha value is -1.32. The van der Waals surface area contributed by atoms with Crippen molar-refractivity contribution in [1.29, 1.82) is 0 Å². The van der Waals surface area contributed by atoms with Crippen LogP contribution in [0.2, 0.25) is 10.0 Å². The van der Waals surface area contributed by atoms with Crippen LogP contribution in [-0.4, -0.2) is 16.5 Å². The molecule has 0 saturated carbocycles. The van der Waals surface area contributed by atoms with Gasteiger partial charge in [0, 0.05) is 28.6 Å². The molecule has 0 fully saturated rings. The fourth-order valence-electron chi connectivity index (χ4n) is 1.89. The van der Waals surface area contributed by atoms with Crippen LogP contribution >= 0.6 is 23.2 Å². The third-order valence-electron chi connectivity index (χ3n) is 3.02. The molecule has 1 aromatic carbocycles. The first-order valence-corrected chi connectivity index (χ1v) is 7.65. The molecule has 2 rings (SSSR count). The maximum absolute atomic E-state index is 6.28. The van der Waals surface area contributed by atoms with E-state index >= 15 is 0 Å². The largest absolute Gasteiger partial charge is 0.370 e. The molecule has 0 bridgehead atoms. The standard InChI is InChI=1S/C16H19Cl2N3/c1-5-19-14-9-13(16(2,3)4)20-15(21-14)11-7-6-10(17)8-12(11)18/h6-9H,5H2,1-4H3,(H,19,20,21). The summed E-state index contributed by atoms with van der Waals surface area (Å²) >= 11 is 12.2. The molecule has 0 aliphatic heterocycles. The first kappa shape index (κ1) is 16.1. The number of aromatic nitrogens is 2. The van der Waals surface area contributed by atoms with E-state index in [1.807, 2.05) is 19.1 Å². The van der Waals surface area contributed by atoms with Gasteiger partial charge in [0.05, 0.1) is 10.7 Å². The maximum Gasteiger partial charge on any atom is 0.163 e. The van der Waals surface area contributed by atoms with Crippen molar-refractivity contribution in [2.24, 2.45) is 0 Å². The Morgan fingerprint density at radius 3 is 2.38 bits per heavy atom. The van der Waals surface area contributed by atoms with Crippen molar-refractivity contribution in [3.05, 3.63) is 40.0 Å². The van der Waals surface area contributed by atoms with Gasteiger partial charge in [-0.1, -0.05) is 44.0 Å². The quantitative estimate of drug-likeness (QED) is 0.845. The summed E-state index contributed by atoms with van der Waals surface area (Å²) in [7, 11) is 0. The van der Waals surface area contributed by atoms with Gasteiger partial charge in [-0.25, -0.2) is 9.97 Å². The summed E-state index contributed by atoms with van der Waals surface area (Å²) in [5, 5.41) is 4.39. The Labute approximate surface area is 135 Å². The summed E-state index contributed by atoms with van der Waals surface area (Å²) in [6.45, 7) is 9.21. The Morgan fingerprint density at radius 2 is 1.81 bits per heavy atom. The SMILES string of the molecule is CCNc1cc(C(C)(C)C)nc(-c2ccc(Cl)cc2Cl)n1. The van der Waals surface area contributed by atoms with Gasteiger partial charge in [-0.05, 0) is 25.1 Å². The minimum absolute atomic E-state index is 0.0687. The van der Waals surface area contributed by atoms with E-state index in [-0.39, 0.29) is 5.41 Å². The molecule has 0 amide bonds. The molecule has 0 unspecified atom stereocenters. The number of hydrogen-bond donors (Lipinski definition) is 1. The summed E-state index contributed by atoms with van der Waals surface area (Å²) < 4.78 is 0. The van der Waals surface area contributed by atoms with E-state index in [2.05, 4.69) is 36.1 Å². The van der Waals surface area contributed by atoms with E-state index in [0.717, 1.165) is 23.6 Å². The van der Waals surface area contributed by atoms with Crippen LogP contribution in [0.1, 0.15) is 33.4 Å². The van der Waals surface area contributed by atoms with E-state index in [1.165, 1.54) is 0 Å². The minimum Gasteiger partial charge on any atom is -0.370 e. The highest BCUT2D eigenvalue weighted by atomic mass is 35.5. The topological polar surface area (TPSA) is 37.8 Å². The number of anilines is 1. The Balaban J connectivity index is 2.59. The predicted molar refractivity (Wildman–Crippen MR) is 90.4 cm³/mol. The normalized spacial score (nSPS) is 11.5. The van der Waals surface area contributed by atoms with Gasteiger partial charge in [0.25, 0.3) is 0 Å². The maximum atomic E-state index is 6.28. The number of benzene rings is 1. The Kier molecular flexibility index (Phi) is 4.74. The smallest absolute Gasteiger partial charge is 0.163 e. The molecule has 0 aliphatic rings. The highest BCUT2D eigenvalue weighted by Gasteiger charge is 2.19. The molecule has 112 valence electrons. The highest BCUT2D eigenvalue weighted by Crippen LogP contribution is 2.31. The molecular formula is C16H19Cl2N3. The second-order valence-electron chi connectivity index (χ2n) is 5.87. The highest BCUT2D eigenvalue weighted by molar-refractivity contribution is 6.36. The molecule has 21 heavy (non-hydrogen) atoms. The van der Waals surface area contributed by atoms with Gasteiger partial charge < -0.3 is 5.32 Å². The number of rotatable bonds is 3. The zero-order valence-corrected chi connectivity index (χ0v) is 14.2. The third kappa shape index (κ3) is 3.86. The summed E-state index contributed by atoms with van der Waals surface area (Å²) in [6.07, 6.45) is 0. The molecule has 0 spiro atoms. The van der Waals surface area contributed by atoms with Crippen LogP contribution in [0.25, 0.3) is 11.4 Å². The zero-order chi connectivity index (χ0) is 15.6. The average Bonchev–Trinajstić information content (AvgIpc) is 2.37. The van der Waals surface area contributed by atoms with Crippen LogP contribution in [0.15, 0.2) is 24.3 Å². The van der Waals surface area contributed by atoms with Gasteiger partial charge in [0.15, 0.2) is 5.82 Å².